The maximum absolute atomic E-state index is 12.8. The van der Waals surface area contributed by atoms with Crippen molar-refractivity contribution in [2.24, 2.45) is 11.8 Å². The van der Waals surface area contributed by atoms with Crippen LogP contribution in [0.25, 0.3) is 22.6 Å². The number of pyridine rings is 1. The van der Waals surface area contributed by atoms with E-state index in [0.717, 1.165) is 47.2 Å². The van der Waals surface area contributed by atoms with E-state index in [0.29, 0.717) is 23.7 Å². The number of fused-ring (bicyclic) bond motifs is 3. The number of nitrogens with zero attached hydrogens (tertiary/aromatic N) is 3. The molecule has 1 saturated carbocycles. The van der Waals surface area contributed by atoms with Gasteiger partial charge in [0, 0.05) is 45.9 Å². The summed E-state index contributed by atoms with van der Waals surface area (Å²) in [6, 6.07) is 13.9. The van der Waals surface area contributed by atoms with E-state index in [-0.39, 0.29) is 23.0 Å². The van der Waals surface area contributed by atoms with Crippen LogP contribution in [0.3, 0.4) is 0 Å². The third-order valence-corrected chi connectivity index (χ3v) is 7.37. The topological polar surface area (TPSA) is 85.2 Å². The van der Waals surface area contributed by atoms with Gasteiger partial charge < -0.3 is 9.84 Å². The quantitative estimate of drug-likeness (QED) is 0.450. The van der Waals surface area contributed by atoms with Gasteiger partial charge in [0.05, 0.1) is 24.8 Å². The lowest BCUT2D eigenvalue weighted by molar-refractivity contribution is -0.124. The monoisotopic (exact) mass is 441 g/mol. The summed E-state index contributed by atoms with van der Waals surface area (Å²) in [6.07, 6.45) is 4.85. The van der Waals surface area contributed by atoms with Gasteiger partial charge in [-0.05, 0) is 31.2 Å². The van der Waals surface area contributed by atoms with Crippen LogP contribution >= 0.6 is 0 Å². The Hall–Kier alpha value is -3.54. The summed E-state index contributed by atoms with van der Waals surface area (Å²) in [7, 11) is 1.59. The molecule has 3 atom stereocenters. The molecule has 2 aromatic heterocycles. The first-order valence-electron chi connectivity index (χ1n) is 11.3. The number of aliphatic hydroxyl groups excluding tert-OH is 1. The van der Waals surface area contributed by atoms with Crippen LogP contribution in [0.1, 0.15) is 37.9 Å². The molecule has 0 amide bonds. The molecule has 2 aliphatic rings. The van der Waals surface area contributed by atoms with E-state index in [1.165, 1.54) is 0 Å². The van der Waals surface area contributed by atoms with Gasteiger partial charge in [0.1, 0.15) is 0 Å². The van der Waals surface area contributed by atoms with Crippen LogP contribution in [0.4, 0.5) is 0 Å². The van der Waals surface area contributed by atoms with Gasteiger partial charge in [-0.3, -0.25) is 4.79 Å². The number of allylic oxidation sites excluding steroid dienone is 1. The lowest BCUT2D eigenvalue weighted by atomic mass is 9.55. The Morgan fingerprint density at radius 2 is 1.94 bits per heavy atom. The van der Waals surface area contributed by atoms with Gasteiger partial charge >= 0.3 is 0 Å². The van der Waals surface area contributed by atoms with Crippen LogP contribution in [0.2, 0.25) is 0 Å². The van der Waals surface area contributed by atoms with Crippen LogP contribution in [0, 0.1) is 11.8 Å². The zero-order valence-corrected chi connectivity index (χ0v) is 19.1. The Bertz CT molecular complexity index is 1250. The van der Waals surface area contributed by atoms with Crippen LogP contribution in [0.5, 0.6) is 5.88 Å². The number of rotatable bonds is 3. The second-order valence-electron chi connectivity index (χ2n) is 9.22. The lowest BCUT2D eigenvalue weighted by Crippen LogP contribution is -2.48. The van der Waals surface area contributed by atoms with Gasteiger partial charge in [-0.15, -0.1) is 0 Å². The number of carbonyl (C=O) groups excluding carboxylic acids is 1. The van der Waals surface area contributed by atoms with Crippen LogP contribution in [0.15, 0.2) is 60.5 Å². The Labute approximate surface area is 193 Å². The number of ketones is 1. The summed E-state index contributed by atoms with van der Waals surface area (Å²) in [4.78, 5) is 27.2. The molecule has 6 heteroatoms. The fourth-order valence-electron chi connectivity index (χ4n) is 5.69. The van der Waals surface area contributed by atoms with Crippen molar-refractivity contribution in [2.45, 2.75) is 38.5 Å². The van der Waals surface area contributed by atoms with Crippen molar-refractivity contribution in [3.63, 3.8) is 0 Å². The average Bonchev–Trinajstić information content (AvgIpc) is 2.86. The molecule has 1 N–H and O–H groups in total. The molecule has 33 heavy (non-hydrogen) atoms. The smallest absolute Gasteiger partial charge is 0.213 e. The molecule has 1 fully saturated rings. The fourth-order valence-corrected chi connectivity index (χ4v) is 5.69. The first-order valence-corrected chi connectivity index (χ1v) is 11.3. The molecular formula is C27H27N3O3. The number of Topliss-reactive ketones (excluding diaryl/α,β-unsaturated/α-hetero) is 1. The fraction of sp³-hybridized carbons (Fsp3) is 0.333. The summed E-state index contributed by atoms with van der Waals surface area (Å²) < 4.78 is 5.32. The molecule has 1 aromatic carbocycles. The summed E-state index contributed by atoms with van der Waals surface area (Å²) in [5, 5.41) is 9.82. The first kappa shape index (κ1) is 21.3. The zero-order chi connectivity index (χ0) is 23.2. The summed E-state index contributed by atoms with van der Waals surface area (Å²) >= 11 is 0. The molecule has 168 valence electrons. The van der Waals surface area contributed by atoms with E-state index in [1.54, 1.807) is 13.3 Å². The van der Waals surface area contributed by atoms with Crippen LogP contribution < -0.4 is 4.74 Å². The largest absolute Gasteiger partial charge is 0.515 e. The Morgan fingerprint density at radius 3 is 2.67 bits per heavy atom. The third kappa shape index (κ3) is 3.41. The highest BCUT2D eigenvalue weighted by molar-refractivity contribution is 5.98. The normalized spacial score (nSPS) is 25.4. The zero-order valence-electron chi connectivity index (χ0n) is 19.1. The second-order valence-corrected chi connectivity index (χ2v) is 9.22. The Balaban J connectivity index is 1.76. The number of hydrogen-bond acceptors (Lipinski definition) is 6. The predicted molar refractivity (Wildman–Crippen MR) is 126 cm³/mol. The molecule has 0 bridgehead atoms. The maximum Gasteiger partial charge on any atom is 0.213 e. The van der Waals surface area contributed by atoms with Gasteiger partial charge in [-0.1, -0.05) is 44.2 Å². The summed E-state index contributed by atoms with van der Waals surface area (Å²) in [5.74, 6) is 1.13. The molecule has 3 aromatic rings. The van der Waals surface area contributed by atoms with Crippen molar-refractivity contribution in [3.8, 4) is 28.5 Å². The summed E-state index contributed by atoms with van der Waals surface area (Å²) in [5.41, 5.74) is 4.98. The highest BCUT2D eigenvalue weighted by atomic mass is 16.5. The number of benzene rings is 1. The van der Waals surface area contributed by atoms with Crippen molar-refractivity contribution < 1.29 is 14.6 Å². The predicted octanol–water partition coefficient (Wildman–Crippen LogP) is 5.09. The number of methoxy groups -OCH3 is 1. The molecule has 0 aliphatic heterocycles. The number of hydrogen-bond donors (Lipinski definition) is 1. The van der Waals surface area contributed by atoms with Gasteiger partial charge in [0.15, 0.2) is 11.6 Å². The Morgan fingerprint density at radius 1 is 1.15 bits per heavy atom. The number of aliphatic hydroxyl groups is 1. The van der Waals surface area contributed by atoms with E-state index >= 15 is 0 Å². The van der Waals surface area contributed by atoms with Crippen LogP contribution in [-0.4, -0.2) is 33.0 Å². The molecule has 0 saturated heterocycles. The van der Waals surface area contributed by atoms with E-state index < -0.39 is 0 Å². The van der Waals surface area contributed by atoms with Crippen molar-refractivity contribution in [3.05, 3.63) is 71.8 Å². The van der Waals surface area contributed by atoms with E-state index in [2.05, 4.69) is 24.0 Å². The van der Waals surface area contributed by atoms with E-state index in [9.17, 15) is 9.90 Å². The highest BCUT2D eigenvalue weighted by Gasteiger charge is 2.51. The molecule has 0 spiro atoms. The molecule has 2 heterocycles. The van der Waals surface area contributed by atoms with E-state index in [1.807, 2.05) is 37.3 Å². The van der Waals surface area contributed by atoms with Gasteiger partial charge in [0.2, 0.25) is 5.88 Å². The molecule has 2 aliphatic carbocycles. The van der Waals surface area contributed by atoms with Crippen molar-refractivity contribution in [2.75, 3.05) is 7.11 Å². The second kappa shape index (κ2) is 8.10. The van der Waals surface area contributed by atoms with Crippen molar-refractivity contribution in [1.29, 1.82) is 0 Å². The SMILES string of the molecule is COc1cc(-c2nc(-c3ccccc3)c3c(n2)[C@]2(C)C/C(=C/O)C(=O)[C@H](C)[C@H]2CC3)ccn1. The number of aromatic nitrogens is 3. The third-order valence-electron chi connectivity index (χ3n) is 7.37. The summed E-state index contributed by atoms with van der Waals surface area (Å²) in [6.45, 7) is 4.16. The minimum atomic E-state index is -0.381. The molecule has 0 radical (unpaired) electrons. The first-order chi connectivity index (χ1) is 16.0. The molecule has 0 unspecified atom stereocenters. The minimum absolute atomic E-state index is 0.0415. The van der Waals surface area contributed by atoms with Crippen LogP contribution in [-0.2, 0) is 16.6 Å². The Kier molecular flexibility index (Phi) is 5.23. The molecule has 5 rings (SSSR count). The van der Waals surface area contributed by atoms with Gasteiger partial charge in [0.25, 0.3) is 0 Å². The number of carbonyl (C=O) groups is 1. The van der Waals surface area contributed by atoms with Gasteiger partial charge in [-0.2, -0.15) is 0 Å². The molecule has 6 nitrogen and oxygen atoms in total. The number of ether oxygens (including phenoxy) is 1. The maximum atomic E-state index is 12.8. The van der Waals surface area contributed by atoms with Crippen molar-refractivity contribution in [1.82, 2.24) is 15.0 Å². The molecular weight excluding hydrogens is 414 g/mol. The lowest BCUT2D eigenvalue weighted by Gasteiger charge is -2.48. The minimum Gasteiger partial charge on any atom is -0.515 e. The standard InChI is InChI=1S/C27H27N3O3/c1-16-21-10-9-20-23(17-7-5-4-6-8-17)29-26(18-11-12-28-22(13-18)33-3)30-25(20)27(21,2)14-19(15-31)24(16)32/h4-8,11-13,15-16,21,31H,9-10,14H2,1-3H3/b19-15-/t16-,21-,27-/m1/s1. The van der Waals surface area contributed by atoms with Crippen molar-refractivity contribution >= 4 is 5.78 Å². The average molecular weight is 442 g/mol. The highest BCUT2D eigenvalue weighted by Crippen LogP contribution is 2.53. The van der Waals surface area contributed by atoms with Gasteiger partial charge in [-0.25, -0.2) is 15.0 Å². The van der Waals surface area contributed by atoms with E-state index in [4.69, 9.17) is 14.7 Å².